The van der Waals surface area contributed by atoms with E-state index in [0.717, 1.165) is 0 Å². The van der Waals surface area contributed by atoms with Crippen molar-refractivity contribution in [1.29, 1.82) is 0 Å². The van der Waals surface area contributed by atoms with Gasteiger partial charge in [-0.15, -0.1) is 0 Å². The quantitative estimate of drug-likeness (QED) is 0.344. The molecule has 2 radical (unpaired) electrons. The van der Waals surface area contributed by atoms with Crippen LogP contribution in [0, 0.1) is 0 Å². The van der Waals surface area contributed by atoms with Gasteiger partial charge in [0.25, 0.3) is 0 Å². The summed E-state index contributed by atoms with van der Waals surface area (Å²) in [6.07, 6.45) is 0. The first-order chi connectivity index (χ1) is 2.50. The molecule has 2 nitrogen and oxygen atoms in total. The van der Waals surface area contributed by atoms with Crippen LogP contribution in [0.25, 0.3) is 0 Å². The fraction of sp³-hybridized carbons (Fsp3) is 1.00. The molecular weight excluding hydrogens is 65.6 g/mol. The summed E-state index contributed by atoms with van der Waals surface area (Å²) in [6, 6.07) is 0. The summed E-state index contributed by atoms with van der Waals surface area (Å²) in [5, 5.41) is 0. The molecule has 1 saturated heterocycles. The molecule has 0 saturated carbocycles. The minimum absolute atomic E-state index is 0.597. The van der Waals surface area contributed by atoms with Crippen molar-refractivity contribution in [2.24, 2.45) is 0 Å². The zero-order chi connectivity index (χ0) is 3.54. The Bertz CT molecular complexity index is 19.2. The third-order valence-electron chi connectivity index (χ3n) is 0.384. The second kappa shape index (κ2) is 1.48. The Kier molecular flexibility index (Phi) is 0.960. The highest BCUT2D eigenvalue weighted by molar-refractivity contribution is 6.43. The van der Waals surface area contributed by atoms with Crippen LogP contribution in [-0.4, -0.2) is 21.7 Å². The van der Waals surface area contributed by atoms with Crippen LogP contribution in [0.1, 0.15) is 0 Å². The minimum Gasteiger partial charge on any atom is -0.479 e. The van der Waals surface area contributed by atoms with Gasteiger partial charge in [-0.3, -0.25) is 0 Å². The lowest BCUT2D eigenvalue weighted by atomic mass is 10.1. The molecule has 0 aromatic heterocycles. The second-order valence-corrected chi connectivity index (χ2v) is 0.732. The van der Waals surface area contributed by atoms with Crippen LogP contribution in [-0.2, 0) is 9.23 Å². The minimum atomic E-state index is 0.597. The second-order valence-electron chi connectivity index (χ2n) is 0.732. The molecule has 24 valence electrons. The first-order valence-electron chi connectivity index (χ1n) is 1.40. The van der Waals surface area contributed by atoms with Crippen LogP contribution in [0.4, 0.5) is 0 Å². The molecule has 0 aromatic carbocycles. The Morgan fingerprint density at radius 3 is 2.80 bits per heavy atom. The lowest BCUT2D eigenvalue weighted by molar-refractivity contribution is 0.402. The number of hydrogen-bond acceptors (Lipinski definition) is 2. The van der Waals surface area contributed by atoms with Crippen LogP contribution in [0.2, 0.25) is 0 Å². The molecule has 0 bridgehead atoms. The van der Waals surface area contributed by atoms with E-state index in [4.69, 9.17) is 0 Å². The smallest absolute Gasteiger partial charge is 0.470 e. The van der Waals surface area contributed by atoms with Crippen LogP contribution < -0.4 is 0 Å². The van der Waals surface area contributed by atoms with Crippen molar-refractivity contribution >= 4 is 15.2 Å². The Hall–Kier alpha value is 0.0499. The van der Waals surface area contributed by atoms with Gasteiger partial charge in [-0.2, -0.15) is 0 Å². The molecule has 1 rings (SSSR count). The van der Waals surface area contributed by atoms with Gasteiger partial charge < -0.3 is 9.23 Å². The summed E-state index contributed by atoms with van der Waals surface area (Å²) < 4.78 is 9.01. The lowest BCUT2D eigenvalue weighted by Crippen LogP contribution is -1.87. The van der Waals surface area contributed by atoms with E-state index in [2.05, 4.69) is 9.23 Å². The Morgan fingerprint density at radius 2 is 2.60 bits per heavy atom. The van der Waals surface area contributed by atoms with Crippen molar-refractivity contribution in [1.82, 2.24) is 0 Å². The van der Waals surface area contributed by atoms with Crippen molar-refractivity contribution in [2.75, 3.05) is 6.51 Å². The molecule has 0 amide bonds. The molecule has 1 fully saturated rings. The van der Waals surface area contributed by atoms with E-state index < -0.39 is 0 Å². The molecule has 0 unspecified atom stereocenters. The molecular formula is CH2B2O2. The SMILES string of the molecule is [B]1CO[B]O1. The van der Waals surface area contributed by atoms with E-state index in [0.29, 0.717) is 6.51 Å². The van der Waals surface area contributed by atoms with E-state index >= 15 is 0 Å². The topological polar surface area (TPSA) is 18.5 Å². The summed E-state index contributed by atoms with van der Waals surface area (Å²) in [4.78, 5) is 0. The van der Waals surface area contributed by atoms with Crippen molar-refractivity contribution < 1.29 is 9.23 Å². The van der Waals surface area contributed by atoms with Crippen molar-refractivity contribution in [3.63, 3.8) is 0 Å². The summed E-state index contributed by atoms with van der Waals surface area (Å²) in [7, 11) is 2.89. The average Bonchev–Trinajstić information content (AvgIpc) is 1.76. The molecule has 0 aromatic rings. The first-order valence-corrected chi connectivity index (χ1v) is 1.40. The van der Waals surface area contributed by atoms with Gasteiger partial charge in [0.05, 0.1) is 0 Å². The highest BCUT2D eigenvalue weighted by atomic mass is 16.6. The number of rotatable bonds is 0. The molecule has 0 aliphatic carbocycles. The highest BCUT2D eigenvalue weighted by Gasteiger charge is 2.02. The fourth-order valence-electron chi connectivity index (χ4n) is 0.196. The Labute approximate surface area is 32.0 Å². The Balaban J connectivity index is 2.08. The van der Waals surface area contributed by atoms with Crippen LogP contribution in [0.15, 0.2) is 0 Å². The van der Waals surface area contributed by atoms with E-state index in [9.17, 15) is 0 Å². The molecule has 4 heteroatoms. The summed E-state index contributed by atoms with van der Waals surface area (Å²) >= 11 is 0. The first kappa shape index (κ1) is 3.25. The molecule has 1 aliphatic rings. The van der Waals surface area contributed by atoms with Gasteiger partial charge in [0.2, 0.25) is 0 Å². The van der Waals surface area contributed by atoms with Gasteiger partial charge in [-0.1, -0.05) is 0 Å². The van der Waals surface area contributed by atoms with Crippen LogP contribution in [0.3, 0.4) is 0 Å². The molecule has 0 atom stereocenters. The zero-order valence-electron chi connectivity index (χ0n) is 2.68. The fourth-order valence-corrected chi connectivity index (χ4v) is 0.196. The summed E-state index contributed by atoms with van der Waals surface area (Å²) in [5.41, 5.74) is 0. The molecule has 1 aliphatic heterocycles. The average molecular weight is 67.6 g/mol. The van der Waals surface area contributed by atoms with Crippen molar-refractivity contribution in [3.8, 4) is 0 Å². The summed E-state index contributed by atoms with van der Waals surface area (Å²) in [6.45, 7) is 0.597. The lowest BCUT2D eigenvalue weighted by Gasteiger charge is -1.72. The van der Waals surface area contributed by atoms with E-state index in [1.807, 2.05) is 0 Å². The monoisotopic (exact) mass is 68.0 g/mol. The van der Waals surface area contributed by atoms with Gasteiger partial charge in [0, 0.05) is 6.51 Å². The maximum Gasteiger partial charge on any atom is 0.470 e. The third kappa shape index (κ3) is 0.667. The van der Waals surface area contributed by atoms with Gasteiger partial charge in [0.15, 0.2) is 0 Å². The summed E-state index contributed by atoms with van der Waals surface area (Å²) in [5.74, 6) is 0. The predicted molar refractivity (Wildman–Crippen MR) is 18.5 cm³/mol. The molecule has 0 N–H and O–H groups in total. The van der Waals surface area contributed by atoms with Gasteiger partial charge in [-0.05, 0) is 0 Å². The molecule has 5 heavy (non-hydrogen) atoms. The largest absolute Gasteiger partial charge is 0.479 e. The van der Waals surface area contributed by atoms with Crippen molar-refractivity contribution in [3.05, 3.63) is 0 Å². The van der Waals surface area contributed by atoms with Gasteiger partial charge in [0.1, 0.15) is 0 Å². The molecule has 0 spiro atoms. The third-order valence-corrected chi connectivity index (χ3v) is 0.384. The van der Waals surface area contributed by atoms with Crippen LogP contribution >= 0.6 is 0 Å². The van der Waals surface area contributed by atoms with E-state index in [1.165, 1.54) is 7.69 Å². The predicted octanol–water partition coefficient (Wildman–Crippen LogP) is -0.856. The zero-order valence-corrected chi connectivity index (χ0v) is 2.68. The maximum atomic E-state index is 4.54. The number of hydrogen-bond donors (Lipinski definition) is 0. The highest BCUT2D eigenvalue weighted by Crippen LogP contribution is 1.79. The van der Waals surface area contributed by atoms with Crippen molar-refractivity contribution in [2.45, 2.75) is 0 Å². The standard InChI is InChI=1S/CH2B2O2/c1-2-5-3-4-1/h1H2. The van der Waals surface area contributed by atoms with Gasteiger partial charge >= 0.3 is 15.2 Å². The van der Waals surface area contributed by atoms with E-state index in [-0.39, 0.29) is 0 Å². The maximum absolute atomic E-state index is 4.54. The molecule has 1 heterocycles. The Morgan fingerprint density at radius 1 is 1.60 bits per heavy atom. The van der Waals surface area contributed by atoms with Crippen LogP contribution in [0.5, 0.6) is 0 Å². The van der Waals surface area contributed by atoms with Gasteiger partial charge in [-0.25, -0.2) is 0 Å². The normalized spacial score (nSPS) is 20.8. The van der Waals surface area contributed by atoms with E-state index in [1.54, 1.807) is 7.48 Å².